The SMILES string of the molecule is COc1cc2oc(-c3ccccc3)c(-c3ccccc3)c2cc1C=O. The highest BCUT2D eigenvalue weighted by Crippen LogP contribution is 2.42. The lowest BCUT2D eigenvalue weighted by atomic mass is 9.97. The van der Waals surface area contributed by atoms with Crippen LogP contribution in [0.25, 0.3) is 33.4 Å². The molecule has 4 rings (SSSR count). The summed E-state index contributed by atoms with van der Waals surface area (Å²) in [5.41, 5.74) is 4.21. The summed E-state index contributed by atoms with van der Waals surface area (Å²) in [7, 11) is 1.55. The van der Waals surface area contributed by atoms with Gasteiger partial charge in [0.15, 0.2) is 6.29 Å². The van der Waals surface area contributed by atoms with Crippen molar-refractivity contribution in [1.82, 2.24) is 0 Å². The molecule has 0 amide bonds. The molecule has 4 aromatic rings. The number of furan rings is 1. The Balaban J connectivity index is 2.09. The van der Waals surface area contributed by atoms with Crippen LogP contribution in [0, 0.1) is 0 Å². The number of benzene rings is 3. The van der Waals surface area contributed by atoms with E-state index in [0.717, 1.165) is 34.1 Å². The summed E-state index contributed by atoms with van der Waals surface area (Å²) < 4.78 is 11.5. The number of rotatable bonds is 4. The summed E-state index contributed by atoms with van der Waals surface area (Å²) in [5, 5.41) is 0.896. The molecule has 0 fully saturated rings. The van der Waals surface area contributed by atoms with Crippen LogP contribution in [-0.4, -0.2) is 13.4 Å². The number of hydrogen-bond donors (Lipinski definition) is 0. The van der Waals surface area contributed by atoms with Gasteiger partial charge in [-0.25, -0.2) is 0 Å². The Morgan fingerprint density at radius 3 is 2.12 bits per heavy atom. The molecule has 0 aliphatic carbocycles. The third kappa shape index (κ3) is 2.60. The van der Waals surface area contributed by atoms with Crippen LogP contribution in [0.1, 0.15) is 10.4 Å². The van der Waals surface area contributed by atoms with Gasteiger partial charge >= 0.3 is 0 Å². The van der Waals surface area contributed by atoms with Crippen LogP contribution in [0.4, 0.5) is 0 Å². The zero-order valence-electron chi connectivity index (χ0n) is 13.7. The average molecular weight is 328 g/mol. The lowest BCUT2D eigenvalue weighted by molar-refractivity contribution is 0.112. The molecule has 0 saturated carbocycles. The summed E-state index contributed by atoms with van der Waals surface area (Å²) in [5.74, 6) is 1.29. The fourth-order valence-electron chi connectivity index (χ4n) is 3.09. The molecule has 0 aliphatic heterocycles. The van der Waals surface area contributed by atoms with Crippen LogP contribution in [-0.2, 0) is 0 Å². The maximum atomic E-state index is 11.4. The van der Waals surface area contributed by atoms with E-state index in [0.29, 0.717) is 16.9 Å². The van der Waals surface area contributed by atoms with Gasteiger partial charge in [0, 0.05) is 22.6 Å². The van der Waals surface area contributed by atoms with Gasteiger partial charge in [-0.2, -0.15) is 0 Å². The summed E-state index contributed by atoms with van der Waals surface area (Å²) in [4.78, 5) is 11.4. The molecular weight excluding hydrogens is 312 g/mol. The summed E-state index contributed by atoms with van der Waals surface area (Å²) >= 11 is 0. The number of carbonyl (C=O) groups is 1. The van der Waals surface area contributed by atoms with E-state index >= 15 is 0 Å². The predicted molar refractivity (Wildman–Crippen MR) is 99.0 cm³/mol. The van der Waals surface area contributed by atoms with Gasteiger partial charge in [0.2, 0.25) is 0 Å². The number of carbonyl (C=O) groups excluding carboxylic acids is 1. The van der Waals surface area contributed by atoms with Gasteiger partial charge in [0.05, 0.1) is 12.7 Å². The fourth-order valence-corrected chi connectivity index (χ4v) is 3.09. The molecule has 3 heteroatoms. The van der Waals surface area contributed by atoms with Crippen molar-refractivity contribution in [3.63, 3.8) is 0 Å². The largest absolute Gasteiger partial charge is 0.496 e. The number of methoxy groups -OCH3 is 1. The highest BCUT2D eigenvalue weighted by molar-refractivity contribution is 6.04. The van der Waals surface area contributed by atoms with Gasteiger partial charge in [0.25, 0.3) is 0 Å². The van der Waals surface area contributed by atoms with Gasteiger partial charge in [-0.15, -0.1) is 0 Å². The van der Waals surface area contributed by atoms with Crippen molar-refractivity contribution in [2.75, 3.05) is 7.11 Å². The van der Waals surface area contributed by atoms with Gasteiger partial charge in [-0.1, -0.05) is 60.7 Å². The number of fused-ring (bicyclic) bond motifs is 1. The Labute approximate surface area is 145 Å². The predicted octanol–water partition coefficient (Wildman–Crippen LogP) is 5.59. The highest BCUT2D eigenvalue weighted by atomic mass is 16.5. The summed E-state index contributed by atoms with van der Waals surface area (Å²) in [6.45, 7) is 0. The minimum absolute atomic E-state index is 0.507. The van der Waals surface area contributed by atoms with Crippen molar-refractivity contribution in [2.45, 2.75) is 0 Å². The van der Waals surface area contributed by atoms with E-state index in [9.17, 15) is 4.79 Å². The summed E-state index contributed by atoms with van der Waals surface area (Å²) in [6, 6.07) is 23.6. The number of hydrogen-bond acceptors (Lipinski definition) is 3. The zero-order chi connectivity index (χ0) is 17.2. The molecule has 3 nitrogen and oxygen atoms in total. The van der Waals surface area contributed by atoms with E-state index in [4.69, 9.17) is 9.15 Å². The molecule has 0 radical (unpaired) electrons. The minimum Gasteiger partial charge on any atom is -0.496 e. The Hall–Kier alpha value is -3.33. The smallest absolute Gasteiger partial charge is 0.153 e. The normalized spacial score (nSPS) is 10.8. The second-order valence-corrected chi connectivity index (χ2v) is 5.75. The monoisotopic (exact) mass is 328 g/mol. The fraction of sp³-hybridized carbons (Fsp3) is 0.0455. The molecule has 0 aliphatic rings. The molecule has 1 aromatic heterocycles. The lowest BCUT2D eigenvalue weighted by Gasteiger charge is -2.05. The highest BCUT2D eigenvalue weighted by Gasteiger charge is 2.19. The molecule has 0 saturated heterocycles. The van der Waals surface area contributed by atoms with Gasteiger partial charge < -0.3 is 9.15 Å². The van der Waals surface area contributed by atoms with Crippen molar-refractivity contribution in [3.8, 4) is 28.2 Å². The Morgan fingerprint density at radius 2 is 1.52 bits per heavy atom. The first kappa shape index (κ1) is 15.2. The van der Waals surface area contributed by atoms with E-state index in [1.807, 2.05) is 66.7 Å². The Bertz CT molecular complexity index is 1030. The number of ether oxygens (including phenoxy) is 1. The van der Waals surface area contributed by atoms with Crippen molar-refractivity contribution in [1.29, 1.82) is 0 Å². The molecule has 25 heavy (non-hydrogen) atoms. The van der Waals surface area contributed by atoms with Gasteiger partial charge in [-0.05, 0) is 11.6 Å². The molecule has 0 bridgehead atoms. The molecule has 0 atom stereocenters. The first-order valence-electron chi connectivity index (χ1n) is 8.02. The molecule has 0 N–H and O–H groups in total. The average Bonchev–Trinajstić information content (AvgIpc) is 3.06. The molecule has 0 unspecified atom stereocenters. The van der Waals surface area contributed by atoms with Crippen LogP contribution in [0.3, 0.4) is 0 Å². The summed E-state index contributed by atoms with van der Waals surface area (Å²) in [6.07, 6.45) is 0.808. The second kappa shape index (κ2) is 6.29. The number of aldehydes is 1. The van der Waals surface area contributed by atoms with E-state index in [1.165, 1.54) is 0 Å². The molecule has 3 aromatic carbocycles. The van der Waals surface area contributed by atoms with Crippen molar-refractivity contribution in [2.24, 2.45) is 0 Å². The topological polar surface area (TPSA) is 39.4 Å². The van der Waals surface area contributed by atoms with Crippen LogP contribution in [0.5, 0.6) is 5.75 Å². The second-order valence-electron chi connectivity index (χ2n) is 5.75. The van der Waals surface area contributed by atoms with Gasteiger partial charge in [0.1, 0.15) is 17.1 Å². The first-order valence-corrected chi connectivity index (χ1v) is 8.02. The van der Waals surface area contributed by atoms with E-state index in [2.05, 4.69) is 0 Å². The maximum Gasteiger partial charge on any atom is 0.153 e. The third-order valence-electron chi connectivity index (χ3n) is 4.27. The van der Waals surface area contributed by atoms with Crippen molar-refractivity contribution < 1.29 is 13.9 Å². The maximum absolute atomic E-state index is 11.4. The van der Waals surface area contributed by atoms with Crippen LogP contribution < -0.4 is 4.74 Å². The molecule has 0 spiro atoms. The van der Waals surface area contributed by atoms with Crippen LogP contribution >= 0.6 is 0 Å². The molecular formula is C22H16O3. The van der Waals surface area contributed by atoms with Crippen LogP contribution in [0.2, 0.25) is 0 Å². The van der Waals surface area contributed by atoms with Gasteiger partial charge in [-0.3, -0.25) is 4.79 Å². The third-order valence-corrected chi connectivity index (χ3v) is 4.27. The minimum atomic E-state index is 0.507. The standard InChI is InChI=1S/C22H16O3/c1-24-19-13-20-18(12-17(19)14-23)21(15-8-4-2-5-9-15)22(25-20)16-10-6-3-7-11-16/h2-14H,1H3. The molecule has 1 heterocycles. The van der Waals surface area contributed by atoms with E-state index in [-0.39, 0.29) is 0 Å². The Kier molecular flexibility index (Phi) is 3.82. The molecule has 122 valence electrons. The van der Waals surface area contributed by atoms with E-state index < -0.39 is 0 Å². The van der Waals surface area contributed by atoms with Crippen molar-refractivity contribution in [3.05, 3.63) is 78.4 Å². The first-order chi connectivity index (χ1) is 12.3. The zero-order valence-corrected chi connectivity index (χ0v) is 13.7. The van der Waals surface area contributed by atoms with Crippen LogP contribution in [0.15, 0.2) is 77.2 Å². The lowest BCUT2D eigenvalue weighted by Crippen LogP contribution is -1.90. The Morgan fingerprint density at radius 1 is 0.880 bits per heavy atom. The van der Waals surface area contributed by atoms with Crippen molar-refractivity contribution >= 4 is 17.3 Å². The van der Waals surface area contributed by atoms with E-state index in [1.54, 1.807) is 13.2 Å². The quantitative estimate of drug-likeness (QED) is 0.459.